The van der Waals surface area contributed by atoms with E-state index in [1.54, 1.807) is 0 Å². The molecule has 0 aromatic heterocycles. The van der Waals surface area contributed by atoms with E-state index in [1.165, 1.54) is 44.3 Å². The first-order chi connectivity index (χ1) is 8.83. The van der Waals surface area contributed by atoms with Gasteiger partial charge in [-0.25, -0.2) is 0 Å². The molecule has 4 heteroatoms. The number of rotatable bonds is 2. The Morgan fingerprint density at radius 3 is 2.39 bits per heavy atom. The largest absolute Gasteiger partial charge is 0.454 e. The second kappa shape index (κ2) is 5.49. The fourth-order valence-electron chi connectivity index (χ4n) is 2.62. The summed E-state index contributed by atoms with van der Waals surface area (Å²) in [5.74, 6) is 1.73. The molecule has 18 heavy (non-hydrogen) atoms. The van der Waals surface area contributed by atoms with Gasteiger partial charge in [0.2, 0.25) is 6.79 Å². The average molecular weight is 312 g/mol. The van der Waals surface area contributed by atoms with Gasteiger partial charge in [-0.05, 0) is 43.6 Å². The van der Waals surface area contributed by atoms with E-state index in [1.807, 2.05) is 6.07 Å². The molecular weight excluding hydrogens is 294 g/mol. The monoisotopic (exact) mass is 311 g/mol. The van der Waals surface area contributed by atoms with Crippen LogP contribution in [0.25, 0.3) is 0 Å². The van der Waals surface area contributed by atoms with Gasteiger partial charge in [0.25, 0.3) is 0 Å². The SMILES string of the molecule is Brc1cc2c(cc1CN1CCCCCC1)OCO2. The molecule has 0 unspecified atom stereocenters. The molecule has 2 heterocycles. The summed E-state index contributed by atoms with van der Waals surface area (Å²) in [6.07, 6.45) is 5.39. The molecule has 0 bridgehead atoms. The van der Waals surface area contributed by atoms with Gasteiger partial charge in [0, 0.05) is 11.0 Å². The van der Waals surface area contributed by atoms with Gasteiger partial charge in [-0.3, -0.25) is 4.90 Å². The van der Waals surface area contributed by atoms with Crippen molar-refractivity contribution < 1.29 is 9.47 Å². The normalized spacial score (nSPS) is 19.8. The highest BCUT2D eigenvalue weighted by Gasteiger charge is 2.18. The minimum absolute atomic E-state index is 0.342. The molecule has 1 aromatic carbocycles. The fourth-order valence-corrected chi connectivity index (χ4v) is 3.06. The third-order valence-electron chi connectivity index (χ3n) is 3.63. The molecule has 3 nitrogen and oxygen atoms in total. The zero-order chi connectivity index (χ0) is 12.4. The van der Waals surface area contributed by atoms with Crippen LogP contribution in [0.4, 0.5) is 0 Å². The van der Waals surface area contributed by atoms with Gasteiger partial charge in [0.1, 0.15) is 0 Å². The van der Waals surface area contributed by atoms with Crippen molar-refractivity contribution in [1.29, 1.82) is 0 Å². The molecule has 1 aromatic rings. The maximum Gasteiger partial charge on any atom is 0.231 e. The standard InChI is InChI=1S/C14H18BrNO2/c15-12-8-14-13(17-10-18-14)7-11(12)9-16-5-3-1-2-4-6-16/h7-8H,1-6,9-10H2. The highest BCUT2D eigenvalue weighted by atomic mass is 79.9. The van der Waals surface area contributed by atoms with Crippen molar-refractivity contribution in [1.82, 2.24) is 4.90 Å². The van der Waals surface area contributed by atoms with E-state index in [-0.39, 0.29) is 0 Å². The topological polar surface area (TPSA) is 21.7 Å². The van der Waals surface area contributed by atoms with Crippen molar-refractivity contribution in [3.05, 3.63) is 22.2 Å². The zero-order valence-corrected chi connectivity index (χ0v) is 12.0. The lowest BCUT2D eigenvalue weighted by Gasteiger charge is -2.20. The van der Waals surface area contributed by atoms with Crippen molar-refractivity contribution >= 4 is 15.9 Å². The number of hydrogen-bond acceptors (Lipinski definition) is 3. The lowest BCUT2D eigenvalue weighted by molar-refractivity contribution is 0.174. The first-order valence-electron chi connectivity index (χ1n) is 6.63. The maximum absolute atomic E-state index is 5.45. The van der Waals surface area contributed by atoms with Gasteiger partial charge >= 0.3 is 0 Å². The average Bonchev–Trinajstić information content (AvgIpc) is 2.65. The summed E-state index contributed by atoms with van der Waals surface area (Å²) in [5, 5.41) is 0. The van der Waals surface area contributed by atoms with E-state index in [2.05, 4.69) is 26.9 Å². The quantitative estimate of drug-likeness (QED) is 0.833. The second-order valence-corrected chi connectivity index (χ2v) is 5.84. The van der Waals surface area contributed by atoms with Crippen LogP contribution < -0.4 is 9.47 Å². The van der Waals surface area contributed by atoms with Gasteiger partial charge < -0.3 is 9.47 Å². The number of ether oxygens (including phenoxy) is 2. The van der Waals surface area contributed by atoms with Crippen molar-refractivity contribution in [3.8, 4) is 11.5 Å². The van der Waals surface area contributed by atoms with Crippen LogP contribution in [0.1, 0.15) is 31.2 Å². The Balaban J connectivity index is 1.75. The van der Waals surface area contributed by atoms with Gasteiger partial charge in [0.15, 0.2) is 11.5 Å². The molecule has 0 N–H and O–H groups in total. The molecule has 2 aliphatic rings. The first-order valence-corrected chi connectivity index (χ1v) is 7.42. The number of likely N-dealkylation sites (tertiary alicyclic amines) is 1. The summed E-state index contributed by atoms with van der Waals surface area (Å²) in [6.45, 7) is 3.76. The molecular formula is C14H18BrNO2. The van der Waals surface area contributed by atoms with Crippen molar-refractivity contribution in [2.75, 3.05) is 19.9 Å². The predicted molar refractivity (Wildman–Crippen MR) is 74.0 cm³/mol. The Bertz CT molecular complexity index is 428. The number of benzene rings is 1. The van der Waals surface area contributed by atoms with Crippen LogP contribution in [0.15, 0.2) is 16.6 Å². The van der Waals surface area contributed by atoms with Crippen LogP contribution in [0.2, 0.25) is 0 Å². The van der Waals surface area contributed by atoms with E-state index in [4.69, 9.17) is 9.47 Å². The van der Waals surface area contributed by atoms with Crippen molar-refractivity contribution in [2.24, 2.45) is 0 Å². The first kappa shape index (κ1) is 12.3. The molecule has 3 rings (SSSR count). The summed E-state index contributed by atoms with van der Waals surface area (Å²) >= 11 is 3.63. The third kappa shape index (κ3) is 2.64. The van der Waals surface area contributed by atoms with Gasteiger partial charge in [-0.15, -0.1) is 0 Å². The summed E-state index contributed by atoms with van der Waals surface area (Å²) < 4.78 is 11.9. The van der Waals surface area contributed by atoms with Crippen LogP contribution in [-0.4, -0.2) is 24.8 Å². The Labute approximate surface area is 116 Å². The van der Waals surface area contributed by atoms with Crippen molar-refractivity contribution in [2.45, 2.75) is 32.2 Å². The Morgan fingerprint density at radius 2 is 1.67 bits per heavy atom. The molecule has 0 saturated carbocycles. The smallest absolute Gasteiger partial charge is 0.231 e. The Morgan fingerprint density at radius 1 is 1.00 bits per heavy atom. The van der Waals surface area contributed by atoms with E-state index >= 15 is 0 Å². The molecule has 98 valence electrons. The summed E-state index contributed by atoms with van der Waals surface area (Å²) in [7, 11) is 0. The van der Waals surface area contributed by atoms with Crippen LogP contribution in [0.3, 0.4) is 0 Å². The lowest BCUT2D eigenvalue weighted by Crippen LogP contribution is -2.24. The number of halogens is 1. The molecule has 0 radical (unpaired) electrons. The number of nitrogens with zero attached hydrogens (tertiary/aromatic N) is 1. The minimum Gasteiger partial charge on any atom is -0.454 e. The second-order valence-electron chi connectivity index (χ2n) is 4.99. The van der Waals surface area contributed by atoms with Crippen LogP contribution in [0, 0.1) is 0 Å². The molecule has 0 atom stereocenters. The molecule has 0 aliphatic carbocycles. The summed E-state index contributed by atoms with van der Waals surface area (Å²) in [4.78, 5) is 2.54. The number of fused-ring (bicyclic) bond motifs is 1. The minimum atomic E-state index is 0.342. The highest BCUT2D eigenvalue weighted by Crippen LogP contribution is 2.37. The third-order valence-corrected chi connectivity index (χ3v) is 4.37. The Kier molecular flexibility index (Phi) is 3.75. The fraction of sp³-hybridized carbons (Fsp3) is 0.571. The lowest BCUT2D eigenvalue weighted by atomic mass is 10.2. The van der Waals surface area contributed by atoms with E-state index in [9.17, 15) is 0 Å². The van der Waals surface area contributed by atoms with Crippen molar-refractivity contribution in [3.63, 3.8) is 0 Å². The molecule has 0 amide bonds. The van der Waals surface area contributed by atoms with E-state index in [0.717, 1.165) is 22.5 Å². The Hall–Kier alpha value is -0.740. The summed E-state index contributed by atoms with van der Waals surface area (Å²) in [5.41, 5.74) is 1.29. The van der Waals surface area contributed by atoms with Gasteiger partial charge in [-0.2, -0.15) is 0 Å². The van der Waals surface area contributed by atoms with E-state index < -0.39 is 0 Å². The van der Waals surface area contributed by atoms with Gasteiger partial charge in [0.05, 0.1) is 0 Å². The zero-order valence-electron chi connectivity index (χ0n) is 10.5. The van der Waals surface area contributed by atoms with Crippen LogP contribution in [0.5, 0.6) is 11.5 Å². The molecule has 0 spiro atoms. The van der Waals surface area contributed by atoms with E-state index in [0.29, 0.717) is 6.79 Å². The van der Waals surface area contributed by atoms with Gasteiger partial charge in [-0.1, -0.05) is 28.8 Å². The molecule has 2 aliphatic heterocycles. The van der Waals surface area contributed by atoms with Crippen LogP contribution >= 0.6 is 15.9 Å². The predicted octanol–water partition coefficient (Wildman–Crippen LogP) is 3.55. The highest BCUT2D eigenvalue weighted by molar-refractivity contribution is 9.10. The molecule has 1 saturated heterocycles. The maximum atomic E-state index is 5.45. The molecule has 1 fully saturated rings. The summed E-state index contributed by atoms with van der Waals surface area (Å²) in [6, 6.07) is 4.13. The van der Waals surface area contributed by atoms with Crippen LogP contribution in [-0.2, 0) is 6.54 Å². The number of hydrogen-bond donors (Lipinski definition) is 0.